The molecular formula is C23H23F4N5O2. The van der Waals surface area contributed by atoms with Crippen molar-refractivity contribution in [1.29, 1.82) is 0 Å². The second-order valence-corrected chi connectivity index (χ2v) is 9.36. The molecule has 1 aromatic carbocycles. The molecule has 180 valence electrons. The third-order valence-corrected chi connectivity index (χ3v) is 6.99. The average molecular weight is 477 g/mol. The number of hydrogen-bond donors (Lipinski definition) is 1. The van der Waals surface area contributed by atoms with Gasteiger partial charge in [-0.05, 0) is 32.4 Å². The van der Waals surface area contributed by atoms with E-state index in [1.807, 2.05) is 7.05 Å². The van der Waals surface area contributed by atoms with Gasteiger partial charge in [0.2, 0.25) is 0 Å². The fourth-order valence-electron chi connectivity index (χ4n) is 5.24. The van der Waals surface area contributed by atoms with Crippen LogP contribution in [0.3, 0.4) is 0 Å². The first kappa shape index (κ1) is 22.6. The van der Waals surface area contributed by atoms with E-state index in [4.69, 9.17) is 0 Å². The predicted molar refractivity (Wildman–Crippen MR) is 118 cm³/mol. The highest BCUT2D eigenvalue weighted by molar-refractivity contribution is 5.90. The third-order valence-electron chi connectivity index (χ3n) is 6.99. The van der Waals surface area contributed by atoms with Crippen LogP contribution in [0.15, 0.2) is 40.1 Å². The van der Waals surface area contributed by atoms with Crippen LogP contribution in [-0.2, 0) is 18.8 Å². The first-order valence-corrected chi connectivity index (χ1v) is 10.9. The van der Waals surface area contributed by atoms with Gasteiger partial charge in [0.1, 0.15) is 5.82 Å². The number of aryl methyl sites for hydroxylation is 1. The fraction of sp³-hybridized carbons (Fsp3) is 0.435. The van der Waals surface area contributed by atoms with Gasteiger partial charge in [-0.2, -0.15) is 18.3 Å². The minimum atomic E-state index is -4.83. The summed E-state index contributed by atoms with van der Waals surface area (Å²) >= 11 is 0. The van der Waals surface area contributed by atoms with E-state index in [1.54, 1.807) is 10.8 Å². The van der Waals surface area contributed by atoms with E-state index in [1.165, 1.54) is 26.1 Å². The van der Waals surface area contributed by atoms with Gasteiger partial charge in [0, 0.05) is 43.4 Å². The average Bonchev–Trinajstić information content (AvgIpc) is 3.32. The Morgan fingerprint density at radius 1 is 1.21 bits per heavy atom. The van der Waals surface area contributed by atoms with Crippen molar-refractivity contribution in [3.05, 3.63) is 68.1 Å². The lowest BCUT2D eigenvalue weighted by molar-refractivity contribution is -0.140. The Labute approximate surface area is 191 Å². The molecule has 11 heteroatoms. The molecule has 3 aromatic rings. The summed E-state index contributed by atoms with van der Waals surface area (Å²) in [7, 11) is 3.39. The number of benzene rings is 1. The highest BCUT2D eigenvalue weighted by Gasteiger charge is 2.61. The van der Waals surface area contributed by atoms with Gasteiger partial charge in [0.25, 0.3) is 11.1 Å². The third kappa shape index (κ3) is 3.41. The Morgan fingerprint density at radius 3 is 2.59 bits per heavy atom. The summed E-state index contributed by atoms with van der Waals surface area (Å²) < 4.78 is 56.9. The van der Waals surface area contributed by atoms with Crippen LogP contribution in [0.4, 0.5) is 23.4 Å². The number of piperidine rings is 1. The first-order valence-electron chi connectivity index (χ1n) is 10.9. The number of hydrogen-bond acceptors (Lipinski definition) is 5. The summed E-state index contributed by atoms with van der Waals surface area (Å²) in [6, 6.07) is 3.48. The zero-order chi connectivity index (χ0) is 24.6. The van der Waals surface area contributed by atoms with Crippen molar-refractivity contribution in [3.8, 4) is 0 Å². The first-order chi connectivity index (χ1) is 15.9. The maximum Gasteiger partial charge on any atom is 0.419 e. The Kier molecular flexibility index (Phi) is 4.91. The Hall–Kier alpha value is -3.21. The van der Waals surface area contributed by atoms with E-state index in [2.05, 4.69) is 15.3 Å². The number of aromatic nitrogens is 3. The number of nitrogens with one attached hydrogen (secondary N) is 1. The van der Waals surface area contributed by atoms with Crippen molar-refractivity contribution in [1.82, 2.24) is 19.2 Å². The molecule has 1 saturated heterocycles. The molecule has 34 heavy (non-hydrogen) atoms. The standard InChI is InChI=1S/C23H23F4N5O2/c1-12(14-5-4-6-17(19(14)24)23(25,26)27)28-20-16-10-32(22-8-13(22)9-30(2)11-22)18(33)7-15(16)21(34)31(3)29-20/h4-7,10,12-13H,8-9,11H2,1-3H3,(H,28,29)/t12-,13?,22?/m1/s1. The summed E-state index contributed by atoms with van der Waals surface area (Å²) in [6.07, 6.45) is -2.37. The molecule has 1 saturated carbocycles. The number of fused-ring (bicyclic) bond motifs is 2. The van der Waals surface area contributed by atoms with Crippen LogP contribution < -0.4 is 16.4 Å². The van der Waals surface area contributed by atoms with E-state index in [0.29, 0.717) is 23.9 Å². The smallest absolute Gasteiger partial charge is 0.361 e. The van der Waals surface area contributed by atoms with Crippen molar-refractivity contribution in [2.24, 2.45) is 13.0 Å². The second-order valence-electron chi connectivity index (χ2n) is 9.36. The summed E-state index contributed by atoms with van der Waals surface area (Å²) in [6.45, 7) is 3.08. The fourth-order valence-corrected chi connectivity index (χ4v) is 5.24. The summed E-state index contributed by atoms with van der Waals surface area (Å²) in [5.74, 6) is -0.855. The van der Waals surface area contributed by atoms with Crippen LogP contribution in [0.5, 0.6) is 0 Å². The van der Waals surface area contributed by atoms with Crippen LogP contribution in [0.2, 0.25) is 0 Å². The molecule has 2 aliphatic rings. The SMILES string of the molecule is C[C@@H](Nc1nn(C)c(=O)c2cc(=O)n(C34CC3CN(C)C4)cc12)c1cccc(C(F)(F)F)c1F. The van der Waals surface area contributed by atoms with Crippen molar-refractivity contribution >= 4 is 16.6 Å². The van der Waals surface area contributed by atoms with Crippen LogP contribution >= 0.6 is 0 Å². The number of pyridine rings is 1. The minimum absolute atomic E-state index is 0.137. The lowest BCUT2D eigenvalue weighted by Crippen LogP contribution is -2.35. The van der Waals surface area contributed by atoms with Crippen molar-refractivity contribution < 1.29 is 17.6 Å². The van der Waals surface area contributed by atoms with Gasteiger partial charge in [-0.15, -0.1) is 0 Å². The van der Waals surface area contributed by atoms with E-state index >= 15 is 0 Å². The minimum Gasteiger partial charge on any atom is -0.361 e. The van der Waals surface area contributed by atoms with E-state index in [0.717, 1.165) is 23.7 Å². The molecule has 3 heterocycles. The Balaban J connectivity index is 1.61. The molecule has 0 amide bonds. The topological polar surface area (TPSA) is 72.2 Å². The molecule has 3 atom stereocenters. The summed E-state index contributed by atoms with van der Waals surface area (Å²) in [4.78, 5) is 27.8. The number of anilines is 1. The highest BCUT2D eigenvalue weighted by atomic mass is 19.4. The normalized spacial score (nSPS) is 23.2. The molecular weight excluding hydrogens is 454 g/mol. The summed E-state index contributed by atoms with van der Waals surface area (Å²) in [5.41, 5.74) is -2.65. The van der Waals surface area contributed by atoms with E-state index < -0.39 is 29.2 Å². The molecule has 1 aliphatic heterocycles. The van der Waals surface area contributed by atoms with Crippen molar-refractivity contribution in [3.63, 3.8) is 0 Å². The lowest BCUT2D eigenvalue weighted by Gasteiger charge is -2.22. The van der Waals surface area contributed by atoms with Gasteiger partial charge in [0.05, 0.1) is 22.5 Å². The van der Waals surface area contributed by atoms with Crippen molar-refractivity contribution in [2.45, 2.75) is 31.1 Å². The zero-order valence-electron chi connectivity index (χ0n) is 18.8. The molecule has 0 radical (unpaired) electrons. The Morgan fingerprint density at radius 2 is 1.94 bits per heavy atom. The molecule has 2 fully saturated rings. The summed E-state index contributed by atoms with van der Waals surface area (Å²) in [5, 5.41) is 7.69. The number of halogens is 4. The van der Waals surface area contributed by atoms with E-state index in [9.17, 15) is 27.2 Å². The number of rotatable bonds is 4. The number of nitrogens with zero attached hydrogens (tertiary/aromatic N) is 4. The molecule has 0 bridgehead atoms. The van der Waals surface area contributed by atoms with Gasteiger partial charge in [-0.3, -0.25) is 9.59 Å². The largest absolute Gasteiger partial charge is 0.419 e. The zero-order valence-corrected chi connectivity index (χ0v) is 18.8. The van der Waals surface area contributed by atoms with Crippen molar-refractivity contribution in [2.75, 3.05) is 25.5 Å². The molecule has 2 unspecified atom stereocenters. The van der Waals surface area contributed by atoms with Gasteiger partial charge in [-0.1, -0.05) is 12.1 Å². The van der Waals surface area contributed by atoms with Crippen LogP contribution in [0.1, 0.15) is 30.5 Å². The number of likely N-dealkylation sites (N-methyl/N-ethyl adjacent to an activating group) is 1. The maximum absolute atomic E-state index is 14.7. The molecule has 1 N–H and O–H groups in total. The predicted octanol–water partition coefficient (Wildman–Crippen LogP) is 3.09. The second kappa shape index (κ2) is 7.39. The quantitative estimate of drug-likeness (QED) is 0.585. The number of likely N-dealkylation sites (tertiary alicyclic amines) is 1. The lowest BCUT2D eigenvalue weighted by atomic mass is 10.0. The Bertz CT molecular complexity index is 1430. The number of alkyl halides is 3. The molecule has 0 spiro atoms. The van der Waals surface area contributed by atoms with Gasteiger partial charge in [0.15, 0.2) is 5.82 Å². The van der Waals surface area contributed by atoms with Crippen LogP contribution in [0.25, 0.3) is 10.8 Å². The maximum atomic E-state index is 14.7. The highest BCUT2D eigenvalue weighted by Crippen LogP contribution is 2.54. The van der Waals surface area contributed by atoms with Gasteiger partial charge >= 0.3 is 6.18 Å². The van der Waals surface area contributed by atoms with Gasteiger partial charge in [-0.25, -0.2) is 9.07 Å². The van der Waals surface area contributed by atoms with Gasteiger partial charge < -0.3 is 14.8 Å². The molecule has 1 aliphatic carbocycles. The van der Waals surface area contributed by atoms with E-state index in [-0.39, 0.29) is 27.9 Å². The molecule has 2 aromatic heterocycles. The monoisotopic (exact) mass is 477 g/mol. The van der Waals surface area contributed by atoms with Crippen LogP contribution in [-0.4, -0.2) is 39.4 Å². The molecule has 7 nitrogen and oxygen atoms in total. The molecule has 5 rings (SSSR count). The van der Waals surface area contributed by atoms with Crippen LogP contribution in [0, 0.1) is 11.7 Å².